The van der Waals surface area contributed by atoms with E-state index in [2.05, 4.69) is 4.98 Å². The summed E-state index contributed by atoms with van der Waals surface area (Å²) in [5.41, 5.74) is -0.921. The molecule has 2 N–H and O–H groups in total. The van der Waals surface area contributed by atoms with Gasteiger partial charge in [0.05, 0.1) is 0 Å². The van der Waals surface area contributed by atoms with Gasteiger partial charge in [-0.25, -0.2) is 4.79 Å². The topological polar surface area (TPSA) is 70.2 Å². The highest BCUT2D eigenvalue weighted by Crippen LogP contribution is 1.86. The third-order valence-electron chi connectivity index (χ3n) is 1.49. The molecule has 4 heteroatoms. The Morgan fingerprint density at radius 1 is 1.14 bits per heavy atom. The number of aromatic nitrogens is 1. The highest BCUT2D eigenvalue weighted by molar-refractivity contribution is 5.86. The van der Waals surface area contributed by atoms with E-state index in [-0.39, 0.29) is 5.56 Å². The first-order chi connectivity index (χ1) is 6.72. The highest BCUT2D eigenvalue weighted by atomic mass is 16.4. The van der Waals surface area contributed by atoms with Gasteiger partial charge in [-0.15, -0.1) is 0 Å². The lowest BCUT2D eigenvalue weighted by Crippen LogP contribution is -2.14. The number of H-pyrrole nitrogens is 1. The van der Waals surface area contributed by atoms with Gasteiger partial charge in [-0.2, -0.15) is 0 Å². The molecule has 0 atom stereocenters. The van der Waals surface area contributed by atoms with E-state index in [9.17, 15) is 9.59 Å². The predicted octanol–water partition coefficient (Wildman–Crippen LogP) is 1.20. The van der Waals surface area contributed by atoms with Gasteiger partial charge < -0.3 is 10.1 Å². The minimum absolute atomic E-state index is 0.291. The number of aromatic amines is 1. The van der Waals surface area contributed by atoms with Crippen LogP contribution in [0.1, 0.15) is 10.4 Å². The maximum Gasteiger partial charge on any atom is 0.341 e. The molecular weight excluding hydrogens is 182 g/mol. The largest absolute Gasteiger partial charge is 0.477 e. The van der Waals surface area contributed by atoms with Gasteiger partial charge in [0.1, 0.15) is 5.56 Å². The van der Waals surface area contributed by atoms with Crippen molar-refractivity contribution in [1.29, 1.82) is 0 Å². The Morgan fingerprint density at radius 3 is 2.50 bits per heavy atom. The second-order valence-electron chi connectivity index (χ2n) is 2.49. The van der Waals surface area contributed by atoms with Gasteiger partial charge in [-0.05, 0) is 12.1 Å². The Balaban J connectivity index is 3.45. The molecule has 0 spiro atoms. The first-order valence-electron chi connectivity index (χ1n) is 3.96. The average molecular weight is 191 g/mol. The fourth-order valence-corrected chi connectivity index (χ4v) is 0.845. The number of carboxylic acid groups (broad SMARTS) is 1. The van der Waals surface area contributed by atoms with Crippen LogP contribution in [0.2, 0.25) is 0 Å². The predicted molar refractivity (Wildman–Crippen MR) is 51.7 cm³/mol. The average Bonchev–Trinajstić information content (AvgIpc) is 2.15. The molecule has 72 valence electrons. The van der Waals surface area contributed by atoms with Crippen LogP contribution in [0.4, 0.5) is 0 Å². The van der Waals surface area contributed by atoms with Gasteiger partial charge in [0.25, 0.3) is 5.56 Å². The Kier molecular flexibility index (Phi) is 3.43. The summed E-state index contributed by atoms with van der Waals surface area (Å²) < 4.78 is 0. The summed E-state index contributed by atoms with van der Waals surface area (Å²) in [7, 11) is 0. The minimum atomic E-state index is -1.25. The van der Waals surface area contributed by atoms with Crippen LogP contribution in [0.25, 0.3) is 0 Å². The molecule has 0 fully saturated rings. The Morgan fingerprint density at radius 2 is 1.79 bits per heavy atom. The van der Waals surface area contributed by atoms with Gasteiger partial charge in [-0.1, -0.05) is 24.3 Å². The van der Waals surface area contributed by atoms with Crippen LogP contribution in [0, 0.1) is 0 Å². The van der Waals surface area contributed by atoms with Gasteiger partial charge in [0, 0.05) is 6.20 Å². The molecule has 0 unspecified atom stereocenters. The second kappa shape index (κ2) is 4.81. The summed E-state index contributed by atoms with van der Waals surface area (Å²) in [5, 5.41) is 8.68. The summed E-state index contributed by atoms with van der Waals surface area (Å²) >= 11 is 0. The summed E-state index contributed by atoms with van der Waals surface area (Å²) in [6.07, 6.45) is 1.38. The summed E-state index contributed by atoms with van der Waals surface area (Å²) in [4.78, 5) is 24.2. The molecule has 0 aromatic carbocycles. The molecule has 0 aliphatic heterocycles. The fraction of sp³-hybridized carbons (Fsp3) is 0. The van der Waals surface area contributed by atoms with Gasteiger partial charge in [0.2, 0.25) is 0 Å². The molecule has 0 radical (unpaired) electrons. The number of hydrogen-bond donors (Lipinski definition) is 2. The smallest absolute Gasteiger partial charge is 0.341 e. The maximum atomic E-state index is 11.2. The lowest BCUT2D eigenvalue weighted by atomic mass is 10.3. The van der Waals surface area contributed by atoms with Crippen molar-refractivity contribution in [2.24, 2.45) is 0 Å². The van der Waals surface area contributed by atoms with Crippen molar-refractivity contribution in [2.45, 2.75) is 0 Å². The zero-order chi connectivity index (χ0) is 10.4. The monoisotopic (exact) mass is 191 g/mol. The Bertz CT molecular complexity index is 435. The van der Waals surface area contributed by atoms with E-state index in [0.717, 1.165) is 0 Å². The van der Waals surface area contributed by atoms with E-state index in [1.54, 1.807) is 24.3 Å². The normalized spacial score (nSPS) is 8.86. The molecule has 1 rings (SSSR count). The quantitative estimate of drug-likeness (QED) is 0.700. The SMILES string of the molecule is O=C(O)c1ccccccc[nH]c1=O. The molecule has 1 aromatic rings. The van der Waals surface area contributed by atoms with Crippen molar-refractivity contribution in [2.75, 3.05) is 0 Å². The first kappa shape index (κ1) is 9.98. The van der Waals surface area contributed by atoms with Crippen molar-refractivity contribution in [3.05, 3.63) is 58.5 Å². The van der Waals surface area contributed by atoms with Gasteiger partial charge >= 0.3 is 5.97 Å². The Labute approximate surface area is 80.2 Å². The van der Waals surface area contributed by atoms with Crippen LogP contribution in [-0.4, -0.2) is 16.1 Å². The lowest BCUT2D eigenvalue weighted by Gasteiger charge is -1.85. The standard InChI is InChI=1S/C10H9NO3/c12-9-8(10(13)14)6-4-2-1-3-5-7-11-9/h1-7H,(H,11,12)(H,13,14). The van der Waals surface area contributed by atoms with Crippen LogP contribution in [-0.2, 0) is 0 Å². The van der Waals surface area contributed by atoms with Crippen LogP contribution < -0.4 is 5.56 Å². The summed E-state index contributed by atoms with van der Waals surface area (Å²) in [6.45, 7) is 0. The number of rotatable bonds is 1. The van der Waals surface area contributed by atoms with E-state index in [4.69, 9.17) is 5.11 Å². The third-order valence-corrected chi connectivity index (χ3v) is 1.49. The van der Waals surface area contributed by atoms with Gasteiger partial charge in [0.15, 0.2) is 0 Å². The number of aromatic carboxylic acids is 1. The molecule has 0 bridgehead atoms. The van der Waals surface area contributed by atoms with E-state index in [1.165, 1.54) is 18.3 Å². The molecule has 0 aliphatic carbocycles. The van der Waals surface area contributed by atoms with Crippen LogP contribution in [0.3, 0.4) is 0 Å². The van der Waals surface area contributed by atoms with Crippen LogP contribution in [0.15, 0.2) is 47.4 Å². The maximum absolute atomic E-state index is 11.2. The molecule has 4 nitrogen and oxygen atoms in total. The molecule has 1 heterocycles. The third kappa shape index (κ3) is 2.75. The summed E-state index contributed by atoms with van der Waals surface area (Å²) in [6, 6.07) is 9.44. The molecule has 14 heavy (non-hydrogen) atoms. The van der Waals surface area contributed by atoms with E-state index < -0.39 is 11.5 Å². The molecular formula is C10H9NO3. The van der Waals surface area contributed by atoms with Crippen molar-refractivity contribution < 1.29 is 9.90 Å². The highest BCUT2D eigenvalue weighted by Gasteiger charge is 2.03. The second-order valence-corrected chi connectivity index (χ2v) is 2.49. The zero-order valence-electron chi connectivity index (χ0n) is 7.31. The summed E-state index contributed by atoms with van der Waals surface area (Å²) in [5.74, 6) is -1.25. The van der Waals surface area contributed by atoms with Crippen molar-refractivity contribution in [3.8, 4) is 0 Å². The molecule has 0 aliphatic rings. The van der Waals surface area contributed by atoms with E-state index in [0.29, 0.717) is 0 Å². The zero-order valence-corrected chi connectivity index (χ0v) is 7.31. The number of carbonyl (C=O) groups is 1. The van der Waals surface area contributed by atoms with Crippen LogP contribution >= 0.6 is 0 Å². The van der Waals surface area contributed by atoms with Crippen molar-refractivity contribution in [1.82, 2.24) is 4.98 Å². The van der Waals surface area contributed by atoms with E-state index >= 15 is 0 Å². The van der Waals surface area contributed by atoms with Crippen LogP contribution in [0.5, 0.6) is 0 Å². The molecule has 0 saturated carbocycles. The van der Waals surface area contributed by atoms with Crippen molar-refractivity contribution >= 4 is 5.97 Å². The Hall–Kier alpha value is -2.10. The van der Waals surface area contributed by atoms with Crippen molar-refractivity contribution in [3.63, 3.8) is 0 Å². The number of carboxylic acids is 1. The van der Waals surface area contributed by atoms with E-state index in [1.807, 2.05) is 0 Å². The van der Waals surface area contributed by atoms with Gasteiger partial charge in [-0.3, -0.25) is 4.79 Å². The lowest BCUT2D eigenvalue weighted by molar-refractivity contribution is 0.0695. The fourth-order valence-electron chi connectivity index (χ4n) is 0.845. The molecule has 0 saturated heterocycles. The first-order valence-corrected chi connectivity index (χ1v) is 3.96. The molecule has 1 aromatic heterocycles. The number of nitrogens with one attached hydrogen (secondary N) is 1. The molecule has 0 amide bonds. The number of hydrogen-bond acceptors (Lipinski definition) is 2. The minimum Gasteiger partial charge on any atom is -0.477 e.